The molecular weight excluding hydrogens is 430 g/mol. The number of thioether (sulfide) groups is 1. The van der Waals surface area contributed by atoms with Crippen molar-refractivity contribution in [1.29, 1.82) is 0 Å². The maximum atomic E-state index is 11.1. The fourth-order valence-corrected chi connectivity index (χ4v) is 5.09. The smallest absolute Gasteiger partial charge is 0.317 e. The summed E-state index contributed by atoms with van der Waals surface area (Å²) in [5.74, 6) is 2.75. The number of hydrogen-bond donors (Lipinski definition) is 2. The lowest BCUT2D eigenvalue weighted by atomic mass is 9.99. The largest absolute Gasteiger partial charge is 0.351 e. The molecule has 1 aliphatic heterocycles. The zero-order chi connectivity index (χ0) is 23.0. The average Bonchev–Trinajstić information content (AvgIpc) is 3.57. The van der Waals surface area contributed by atoms with E-state index in [9.17, 15) is 4.79 Å². The van der Waals surface area contributed by atoms with Crippen molar-refractivity contribution in [2.75, 3.05) is 37.0 Å². The highest BCUT2D eigenvalue weighted by Crippen LogP contribution is 2.30. The van der Waals surface area contributed by atoms with Crippen molar-refractivity contribution in [2.45, 2.75) is 31.6 Å². The number of aryl methyl sites for hydroxylation is 1. The summed E-state index contributed by atoms with van der Waals surface area (Å²) in [6.45, 7) is 3.79. The van der Waals surface area contributed by atoms with Gasteiger partial charge in [0, 0.05) is 24.4 Å². The second-order valence-corrected chi connectivity index (χ2v) is 9.54. The predicted molar refractivity (Wildman–Crippen MR) is 137 cm³/mol. The van der Waals surface area contributed by atoms with Crippen LogP contribution in [-0.2, 0) is 12.8 Å². The Morgan fingerprint density at radius 1 is 1.12 bits per heavy atom. The molecule has 33 heavy (non-hydrogen) atoms. The summed E-state index contributed by atoms with van der Waals surface area (Å²) in [4.78, 5) is 13.7. The number of aromatic nitrogens is 2. The van der Waals surface area contributed by atoms with E-state index in [0.717, 1.165) is 42.1 Å². The van der Waals surface area contributed by atoms with E-state index < -0.39 is 6.03 Å². The molecule has 0 spiro atoms. The Hall–Kier alpha value is -2.77. The number of benzene rings is 2. The van der Waals surface area contributed by atoms with Gasteiger partial charge in [-0.1, -0.05) is 48.5 Å². The standard InChI is InChI=1S/C13H14N4O.C13H19NS/c14-13(18)15-12-10-7-4-8-11(10)16-17(12)9-5-2-1-3-6-9;1-15-10-9-14-8-7-13(11-14)12-5-3-2-4-6-12/h1-3,5-6H,4,7-8H2,(H3,14,15,18);2-6,13H,7-11H2,1H3. The summed E-state index contributed by atoms with van der Waals surface area (Å²) in [5, 5.41) is 7.25. The van der Waals surface area contributed by atoms with Crippen LogP contribution >= 0.6 is 11.8 Å². The third kappa shape index (κ3) is 5.97. The zero-order valence-electron chi connectivity index (χ0n) is 19.2. The Labute approximate surface area is 200 Å². The Balaban J connectivity index is 0.000000160. The summed E-state index contributed by atoms with van der Waals surface area (Å²) >= 11 is 1.94. The summed E-state index contributed by atoms with van der Waals surface area (Å²) in [6.07, 6.45) is 6.50. The highest BCUT2D eigenvalue weighted by atomic mass is 32.2. The summed E-state index contributed by atoms with van der Waals surface area (Å²) < 4.78 is 1.76. The quantitative estimate of drug-likeness (QED) is 0.556. The zero-order valence-corrected chi connectivity index (χ0v) is 20.1. The molecule has 5 rings (SSSR count). The molecule has 0 radical (unpaired) electrons. The van der Waals surface area contributed by atoms with Crippen molar-refractivity contribution < 1.29 is 4.79 Å². The minimum atomic E-state index is -0.554. The number of anilines is 1. The molecule has 7 heteroatoms. The minimum Gasteiger partial charge on any atom is -0.351 e. The van der Waals surface area contributed by atoms with Crippen molar-refractivity contribution in [2.24, 2.45) is 5.73 Å². The molecule has 174 valence electrons. The first-order chi connectivity index (χ1) is 16.2. The molecular formula is C26H33N5OS. The Kier molecular flexibility index (Phi) is 8.07. The number of fused-ring (bicyclic) bond motifs is 1. The van der Waals surface area contributed by atoms with E-state index in [-0.39, 0.29) is 0 Å². The van der Waals surface area contributed by atoms with E-state index in [2.05, 4.69) is 51.9 Å². The molecule has 1 atom stereocenters. The van der Waals surface area contributed by atoms with Gasteiger partial charge in [0.05, 0.1) is 11.4 Å². The van der Waals surface area contributed by atoms with Gasteiger partial charge in [-0.05, 0) is 62.1 Å². The lowest BCUT2D eigenvalue weighted by molar-refractivity contribution is 0.259. The van der Waals surface area contributed by atoms with E-state index in [1.165, 1.54) is 37.4 Å². The normalized spacial score (nSPS) is 17.3. The number of hydrogen-bond acceptors (Lipinski definition) is 4. The van der Waals surface area contributed by atoms with Gasteiger partial charge in [-0.3, -0.25) is 5.32 Å². The van der Waals surface area contributed by atoms with Gasteiger partial charge in [0.2, 0.25) is 0 Å². The van der Waals surface area contributed by atoms with Gasteiger partial charge >= 0.3 is 6.03 Å². The fourth-order valence-electron chi connectivity index (χ4n) is 4.65. The number of nitrogens with one attached hydrogen (secondary N) is 1. The van der Waals surface area contributed by atoms with Crippen LogP contribution in [0.5, 0.6) is 0 Å². The highest BCUT2D eigenvalue weighted by molar-refractivity contribution is 7.98. The molecule has 2 amide bonds. The molecule has 6 nitrogen and oxygen atoms in total. The molecule has 1 aromatic heterocycles. The van der Waals surface area contributed by atoms with Crippen LogP contribution < -0.4 is 11.1 Å². The molecule has 0 saturated carbocycles. The molecule has 2 aliphatic rings. The number of carbonyl (C=O) groups is 1. The van der Waals surface area contributed by atoms with Crippen molar-refractivity contribution in [1.82, 2.24) is 14.7 Å². The number of likely N-dealkylation sites (tertiary alicyclic amines) is 1. The third-order valence-corrected chi connectivity index (χ3v) is 6.90. The molecule has 1 saturated heterocycles. The number of nitrogens with two attached hydrogens (primary N) is 1. The topological polar surface area (TPSA) is 76.2 Å². The van der Waals surface area contributed by atoms with Crippen molar-refractivity contribution in [3.8, 4) is 5.69 Å². The summed E-state index contributed by atoms with van der Waals surface area (Å²) in [5.41, 5.74) is 9.84. The third-order valence-electron chi connectivity index (χ3n) is 6.30. The van der Waals surface area contributed by atoms with Crippen LogP contribution in [0.4, 0.5) is 10.6 Å². The number of primary amides is 1. The molecule has 1 aliphatic carbocycles. The van der Waals surface area contributed by atoms with Gasteiger partial charge < -0.3 is 10.6 Å². The van der Waals surface area contributed by atoms with Gasteiger partial charge in [-0.25, -0.2) is 9.48 Å². The molecule has 1 fully saturated rings. The first kappa shape index (κ1) is 23.4. The lowest BCUT2D eigenvalue weighted by Gasteiger charge is -2.15. The van der Waals surface area contributed by atoms with Crippen molar-refractivity contribution >= 4 is 23.6 Å². The van der Waals surface area contributed by atoms with Crippen LogP contribution in [0.2, 0.25) is 0 Å². The van der Waals surface area contributed by atoms with Gasteiger partial charge in [-0.2, -0.15) is 16.9 Å². The highest BCUT2D eigenvalue weighted by Gasteiger charge is 2.24. The summed E-state index contributed by atoms with van der Waals surface area (Å²) in [7, 11) is 0. The van der Waals surface area contributed by atoms with Crippen molar-refractivity contribution in [3.63, 3.8) is 0 Å². The van der Waals surface area contributed by atoms with Crippen LogP contribution in [0.25, 0.3) is 5.69 Å². The molecule has 1 unspecified atom stereocenters. The predicted octanol–water partition coefficient (Wildman–Crippen LogP) is 4.69. The second-order valence-electron chi connectivity index (χ2n) is 8.55. The number of carbonyl (C=O) groups excluding carboxylic acids is 1. The number of rotatable bonds is 6. The molecule has 3 N–H and O–H groups in total. The van der Waals surface area contributed by atoms with Gasteiger partial charge in [0.25, 0.3) is 0 Å². The van der Waals surface area contributed by atoms with Crippen LogP contribution in [0, 0.1) is 0 Å². The van der Waals surface area contributed by atoms with E-state index in [1.54, 1.807) is 4.68 Å². The maximum absolute atomic E-state index is 11.1. The van der Waals surface area contributed by atoms with Crippen LogP contribution in [0.15, 0.2) is 60.7 Å². The second kappa shape index (κ2) is 11.4. The average molecular weight is 464 g/mol. The van der Waals surface area contributed by atoms with Gasteiger partial charge in [-0.15, -0.1) is 0 Å². The maximum Gasteiger partial charge on any atom is 0.317 e. The Morgan fingerprint density at radius 3 is 2.55 bits per heavy atom. The van der Waals surface area contributed by atoms with Crippen LogP contribution in [0.1, 0.15) is 35.6 Å². The number of amides is 2. The molecule has 2 heterocycles. The van der Waals surface area contributed by atoms with Gasteiger partial charge in [0.1, 0.15) is 5.82 Å². The fraction of sp³-hybridized carbons (Fsp3) is 0.385. The lowest BCUT2D eigenvalue weighted by Crippen LogP contribution is -2.22. The SMILES string of the molecule is CSCCN1CCC(c2ccccc2)C1.NC(=O)Nc1c2c(nn1-c1ccccc1)CCC2. The van der Waals surface area contributed by atoms with E-state index >= 15 is 0 Å². The monoisotopic (exact) mass is 463 g/mol. The van der Waals surface area contributed by atoms with E-state index in [0.29, 0.717) is 5.82 Å². The van der Waals surface area contributed by atoms with E-state index in [4.69, 9.17) is 5.73 Å². The van der Waals surface area contributed by atoms with Crippen LogP contribution in [-0.4, -0.2) is 52.4 Å². The summed E-state index contributed by atoms with van der Waals surface area (Å²) in [6, 6.07) is 20.1. The first-order valence-corrected chi connectivity index (χ1v) is 13.0. The Morgan fingerprint density at radius 2 is 1.85 bits per heavy atom. The van der Waals surface area contributed by atoms with Crippen LogP contribution in [0.3, 0.4) is 0 Å². The minimum absolute atomic E-state index is 0.554. The number of nitrogens with zero attached hydrogens (tertiary/aromatic N) is 3. The van der Waals surface area contributed by atoms with Crippen molar-refractivity contribution in [3.05, 3.63) is 77.5 Å². The van der Waals surface area contributed by atoms with E-state index in [1.807, 2.05) is 42.1 Å². The number of para-hydroxylation sites is 1. The first-order valence-electron chi connectivity index (χ1n) is 11.6. The Bertz CT molecular complexity index is 1040. The van der Waals surface area contributed by atoms with Gasteiger partial charge in [0.15, 0.2) is 0 Å². The number of urea groups is 1. The molecule has 3 aromatic rings. The molecule has 0 bridgehead atoms. The molecule has 2 aromatic carbocycles.